The molecule has 0 saturated carbocycles. The number of aromatic nitrogens is 8. The van der Waals surface area contributed by atoms with Crippen molar-refractivity contribution >= 4 is 66.4 Å². The average Bonchev–Trinajstić information content (AvgIpc) is 4.07. The quantitative estimate of drug-likeness (QED) is 0.143. The van der Waals surface area contributed by atoms with E-state index in [9.17, 15) is 0 Å². The maximum absolute atomic E-state index is 5.54. The Balaban J connectivity index is 1.16. The molecular weight excluding hydrogens is 773 g/mol. The molecule has 12 aromatic rings. The van der Waals surface area contributed by atoms with Crippen LogP contribution < -0.4 is 0 Å². The van der Waals surface area contributed by atoms with E-state index < -0.39 is 0 Å². The lowest BCUT2D eigenvalue weighted by Gasteiger charge is -2.11. The number of rotatable bonds is 8. The average molecular weight is 811 g/mol. The Bertz CT molecular complexity index is 3750. The van der Waals surface area contributed by atoms with Crippen LogP contribution in [0.4, 0.5) is 0 Å². The summed E-state index contributed by atoms with van der Waals surface area (Å²) < 4.78 is 8.93. The molecule has 12 rings (SSSR count). The summed E-state index contributed by atoms with van der Waals surface area (Å²) >= 11 is 0. The van der Waals surface area contributed by atoms with Crippen molar-refractivity contribution in [1.82, 2.24) is 38.0 Å². The molecule has 0 aliphatic heterocycles. The normalized spacial score (nSPS) is 12.3. The summed E-state index contributed by atoms with van der Waals surface area (Å²) in [6, 6.07) is 61.2. The number of hydrogen-bond donors (Lipinski definition) is 0. The summed E-state index contributed by atoms with van der Waals surface area (Å²) in [5, 5.41) is 3.38. The highest BCUT2D eigenvalue weighted by Gasteiger charge is 2.26. The van der Waals surface area contributed by atoms with Gasteiger partial charge in [-0.05, 0) is 84.8 Å². The van der Waals surface area contributed by atoms with Gasteiger partial charge in [-0.2, -0.15) is 15.0 Å². The van der Waals surface area contributed by atoms with Crippen LogP contribution in [0.3, 0.4) is 0 Å². The molecule has 0 aliphatic rings. The first-order valence-corrected chi connectivity index (χ1v) is 21.1. The van der Waals surface area contributed by atoms with Crippen LogP contribution in [-0.4, -0.2) is 38.0 Å². The van der Waals surface area contributed by atoms with Crippen LogP contribution in [0.5, 0.6) is 0 Å². The number of para-hydroxylation sites is 4. The molecule has 5 aromatic heterocycles. The molecule has 0 bridgehead atoms. The second-order valence-electron chi connectivity index (χ2n) is 15.6. The monoisotopic (exact) mass is 810 g/mol. The maximum Gasteiger partial charge on any atom is 0.240 e. The van der Waals surface area contributed by atoms with Crippen molar-refractivity contribution in [2.45, 2.75) is 6.92 Å². The summed E-state index contributed by atoms with van der Waals surface area (Å²) in [6.07, 6.45) is 8.12. The lowest BCUT2D eigenvalue weighted by molar-refractivity contribution is 0.945. The molecule has 0 saturated heterocycles. The Morgan fingerprint density at radius 2 is 1.06 bits per heavy atom. The van der Waals surface area contributed by atoms with Crippen LogP contribution in [0.25, 0.3) is 112 Å². The topological polar surface area (TPSA) is 70.8 Å². The Morgan fingerprint density at radius 1 is 0.492 bits per heavy atom. The van der Waals surface area contributed by atoms with Crippen molar-refractivity contribution in [3.8, 4) is 45.5 Å². The molecule has 0 N–H and O–H groups in total. The fourth-order valence-corrected chi connectivity index (χ4v) is 9.13. The maximum atomic E-state index is 5.54. The zero-order valence-corrected chi connectivity index (χ0v) is 34.3. The molecule has 0 amide bonds. The van der Waals surface area contributed by atoms with Gasteiger partial charge >= 0.3 is 0 Å². The van der Waals surface area contributed by atoms with E-state index in [0.717, 1.165) is 83.5 Å². The lowest BCUT2D eigenvalue weighted by Crippen LogP contribution is -2.06. The van der Waals surface area contributed by atoms with Crippen LogP contribution in [0.1, 0.15) is 6.92 Å². The van der Waals surface area contributed by atoms with Crippen molar-refractivity contribution in [3.05, 3.63) is 207 Å². The van der Waals surface area contributed by atoms with Crippen molar-refractivity contribution in [1.29, 1.82) is 0 Å². The molecule has 8 heteroatoms. The smallest absolute Gasteiger partial charge is 0.240 e. The van der Waals surface area contributed by atoms with Gasteiger partial charge in [0.2, 0.25) is 11.7 Å². The van der Waals surface area contributed by atoms with Gasteiger partial charge < -0.3 is 4.57 Å². The van der Waals surface area contributed by atoms with Gasteiger partial charge in [0.05, 0.1) is 27.6 Å². The number of benzene rings is 7. The predicted octanol–water partition coefficient (Wildman–Crippen LogP) is 13.3. The summed E-state index contributed by atoms with van der Waals surface area (Å²) in [5.41, 5.74) is 13.1. The van der Waals surface area contributed by atoms with Crippen LogP contribution in [0.2, 0.25) is 0 Å². The van der Waals surface area contributed by atoms with Gasteiger partial charge in [0.1, 0.15) is 5.52 Å². The molecule has 8 nitrogen and oxygen atoms in total. The fourth-order valence-electron chi connectivity index (χ4n) is 9.13. The zero-order valence-electron chi connectivity index (χ0n) is 34.3. The minimum Gasteiger partial charge on any atom is -0.309 e. The Kier molecular flexibility index (Phi) is 8.36. The predicted molar refractivity (Wildman–Crippen MR) is 258 cm³/mol. The van der Waals surface area contributed by atoms with E-state index >= 15 is 0 Å². The molecule has 298 valence electrons. The summed E-state index contributed by atoms with van der Waals surface area (Å²) in [6.45, 7) is 6.20. The molecule has 0 radical (unpaired) electrons. The molecule has 0 spiro atoms. The highest BCUT2D eigenvalue weighted by molar-refractivity contribution is 6.13. The Morgan fingerprint density at radius 3 is 1.73 bits per heavy atom. The summed E-state index contributed by atoms with van der Waals surface area (Å²) in [4.78, 5) is 21.0. The van der Waals surface area contributed by atoms with E-state index in [0.29, 0.717) is 17.6 Å². The molecule has 7 aromatic carbocycles. The van der Waals surface area contributed by atoms with Gasteiger partial charge in [0.25, 0.3) is 0 Å². The first kappa shape index (κ1) is 36.2. The Labute approximate surface area is 362 Å². The SMILES string of the molecule is C=C/C(=C\C=C/C)n1c2ccccc2c2cc(-c3ccc4c(c3)c3c(nc5n(-c6ccccc6)c6ccccc6n35)n4-c3nc(-c4ccccc4)nc(-c4ccccc4)n3)ccc21. The number of nitrogens with zero attached hydrogens (tertiary/aromatic N) is 8. The van der Waals surface area contributed by atoms with Crippen molar-refractivity contribution in [2.75, 3.05) is 0 Å². The van der Waals surface area contributed by atoms with E-state index in [-0.39, 0.29) is 0 Å². The van der Waals surface area contributed by atoms with E-state index in [4.69, 9.17) is 19.9 Å². The zero-order chi connectivity index (χ0) is 42.0. The van der Waals surface area contributed by atoms with Gasteiger partial charge in [-0.1, -0.05) is 140 Å². The van der Waals surface area contributed by atoms with Gasteiger partial charge in [0, 0.05) is 38.7 Å². The van der Waals surface area contributed by atoms with Gasteiger partial charge in [-0.3, -0.25) is 13.5 Å². The molecule has 63 heavy (non-hydrogen) atoms. The van der Waals surface area contributed by atoms with Crippen LogP contribution in [0, 0.1) is 0 Å². The number of imidazole rings is 2. The van der Waals surface area contributed by atoms with Gasteiger partial charge in [-0.25, -0.2) is 4.98 Å². The van der Waals surface area contributed by atoms with Crippen LogP contribution >= 0.6 is 0 Å². The second-order valence-corrected chi connectivity index (χ2v) is 15.6. The van der Waals surface area contributed by atoms with Crippen molar-refractivity contribution in [3.63, 3.8) is 0 Å². The van der Waals surface area contributed by atoms with Crippen LogP contribution in [-0.2, 0) is 0 Å². The molecule has 0 fully saturated rings. The first-order chi connectivity index (χ1) is 31.2. The second kappa shape index (κ2) is 14.5. The molecule has 0 atom stereocenters. The van der Waals surface area contributed by atoms with E-state index in [1.54, 1.807) is 0 Å². The van der Waals surface area contributed by atoms with Crippen LogP contribution in [0.15, 0.2) is 207 Å². The number of fused-ring (bicyclic) bond motifs is 10. The lowest BCUT2D eigenvalue weighted by atomic mass is 10.0. The molecular formula is C55H38N8. The summed E-state index contributed by atoms with van der Waals surface area (Å²) in [7, 11) is 0. The van der Waals surface area contributed by atoms with Crippen molar-refractivity contribution in [2.24, 2.45) is 0 Å². The molecule has 5 heterocycles. The minimum atomic E-state index is 0.491. The Hall–Kier alpha value is -8.62. The van der Waals surface area contributed by atoms with Gasteiger partial charge in [0.15, 0.2) is 17.3 Å². The highest BCUT2D eigenvalue weighted by Crippen LogP contribution is 2.40. The van der Waals surface area contributed by atoms with E-state index in [1.807, 2.05) is 85.8 Å². The summed E-state index contributed by atoms with van der Waals surface area (Å²) in [5.74, 6) is 2.46. The van der Waals surface area contributed by atoms with Gasteiger partial charge in [-0.15, -0.1) is 0 Å². The number of allylic oxidation sites excluding steroid dienone is 5. The first-order valence-electron chi connectivity index (χ1n) is 21.1. The third-order valence-corrected chi connectivity index (χ3v) is 11.9. The minimum absolute atomic E-state index is 0.491. The fraction of sp³-hybridized carbons (Fsp3) is 0.0182. The third kappa shape index (κ3) is 5.69. The highest BCUT2D eigenvalue weighted by atomic mass is 15.3. The third-order valence-electron chi connectivity index (χ3n) is 11.9. The number of hydrogen-bond acceptors (Lipinski definition) is 4. The van der Waals surface area contributed by atoms with E-state index in [2.05, 4.69) is 146 Å². The molecule has 0 unspecified atom stereocenters. The van der Waals surface area contributed by atoms with Crippen molar-refractivity contribution < 1.29 is 0 Å². The largest absolute Gasteiger partial charge is 0.309 e. The van der Waals surface area contributed by atoms with E-state index in [1.165, 1.54) is 10.8 Å². The molecule has 0 aliphatic carbocycles. The standard InChI is InChI=1S/C55H38N8/c1-3-5-23-40(4-2)60-45-27-16-15-26-42(45)43-34-38(30-32-46(43)60)39-31-33-47-44(35-39)50-53(59-55-61(41-24-13-8-14-25-41)48-28-17-18-29-49(48)62(50)55)63(47)54-57-51(36-19-9-6-10-20-36)56-52(58-54)37-21-11-7-12-22-37/h3-35H,2H2,1H3/b5-3-,40-23+.